The molecule has 2 aromatic rings. The largest absolute Gasteiger partial charge is 0.325 e. The van der Waals surface area contributed by atoms with Gasteiger partial charge in [0.2, 0.25) is 0 Å². The predicted molar refractivity (Wildman–Crippen MR) is 59.1 cm³/mol. The molecule has 2 aromatic heterocycles. The van der Waals surface area contributed by atoms with Crippen molar-refractivity contribution in [3.8, 4) is 11.3 Å². The van der Waals surface area contributed by atoms with Crippen LogP contribution in [-0.2, 0) is 13.1 Å². The number of nitrogens with two attached hydrogens (primary N) is 1. The molecule has 0 radical (unpaired) electrons. The van der Waals surface area contributed by atoms with Gasteiger partial charge in [0.05, 0.1) is 11.4 Å². The second-order valence-electron chi connectivity index (χ2n) is 3.05. The molecule has 2 N–H and O–H groups in total. The van der Waals surface area contributed by atoms with Crippen molar-refractivity contribution < 1.29 is 0 Å². The van der Waals surface area contributed by atoms with Crippen LogP contribution in [-0.4, -0.2) is 9.78 Å². The third-order valence-electron chi connectivity index (χ3n) is 2.19. The van der Waals surface area contributed by atoms with Gasteiger partial charge in [-0.25, -0.2) is 0 Å². The topological polar surface area (TPSA) is 43.8 Å². The summed E-state index contributed by atoms with van der Waals surface area (Å²) in [5.41, 5.74) is 8.93. The van der Waals surface area contributed by atoms with E-state index < -0.39 is 0 Å². The van der Waals surface area contributed by atoms with Gasteiger partial charge in [-0.3, -0.25) is 4.68 Å². The van der Waals surface area contributed by atoms with Crippen LogP contribution in [0.25, 0.3) is 11.3 Å². The molecular formula is C10H13N3S. The smallest absolute Gasteiger partial charge is 0.0934 e. The van der Waals surface area contributed by atoms with Gasteiger partial charge in [-0.15, -0.1) is 0 Å². The number of rotatable bonds is 3. The predicted octanol–water partition coefficient (Wildman–Crippen LogP) is 2.09. The molecule has 0 spiro atoms. The first-order chi connectivity index (χ1) is 6.85. The SMILES string of the molecule is CCn1nc(-c2ccsc2)cc1CN. The molecule has 0 amide bonds. The van der Waals surface area contributed by atoms with Gasteiger partial charge in [-0.05, 0) is 24.4 Å². The number of hydrogen-bond donors (Lipinski definition) is 1. The summed E-state index contributed by atoms with van der Waals surface area (Å²) in [6.07, 6.45) is 0. The summed E-state index contributed by atoms with van der Waals surface area (Å²) >= 11 is 1.68. The Morgan fingerprint density at radius 1 is 1.57 bits per heavy atom. The fourth-order valence-electron chi connectivity index (χ4n) is 1.44. The van der Waals surface area contributed by atoms with Crippen molar-refractivity contribution >= 4 is 11.3 Å². The zero-order valence-electron chi connectivity index (χ0n) is 8.10. The Morgan fingerprint density at radius 3 is 2.93 bits per heavy atom. The molecule has 3 nitrogen and oxygen atoms in total. The molecule has 0 saturated carbocycles. The number of aromatic nitrogens is 2. The number of hydrogen-bond acceptors (Lipinski definition) is 3. The Morgan fingerprint density at radius 2 is 2.43 bits per heavy atom. The van der Waals surface area contributed by atoms with Gasteiger partial charge in [0.1, 0.15) is 0 Å². The van der Waals surface area contributed by atoms with Crippen molar-refractivity contribution in [3.63, 3.8) is 0 Å². The van der Waals surface area contributed by atoms with Gasteiger partial charge in [0, 0.05) is 24.0 Å². The Balaban J connectivity index is 2.41. The number of nitrogens with zero attached hydrogens (tertiary/aromatic N) is 2. The Bertz CT molecular complexity index is 381. The van der Waals surface area contributed by atoms with E-state index >= 15 is 0 Å². The van der Waals surface area contributed by atoms with Crippen molar-refractivity contribution in [2.45, 2.75) is 20.0 Å². The highest BCUT2D eigenvalue weighted by molar-refractivity contribution is 7.08. The fraction of sp³-hybridized carbons (Fsp3) is 0.300. The van der Waals surface area contributed by atoms with Gasteiger partial charge in [0.15, 0.2) is 0 Å². The second kappa shape index (κ2) is 3.94. The van der Waals surface area contributed by atoms with Crippen molar-refractivity contribution in [1.82, 2.24) is 9.78 Å². The lowest BCUT2D eigenvalue weighted by Crippen LogP contribution is -2.06. The van der Waals surface area contributed by atoms with E-state index in [0.717, 1.165) is 17.9 Å². The molecule has 14 heavy (non-hydrogen) atoms. The third-order valence-corrected chi connectivity index (χ3v) is 2.87. The minimum absolute atomic E-state index is 0.547. The van der Waals surface area contributed by atoms with E-state index in [2.05, 4.69) is 34.9 Å². The lowest BCUT2D eigenvalue weighted by atomic mass is 10.2. The monoisotopic (exact) mass is 207 g/mol. The van der Waals surface area contributed by atoms with Crippen LogP contribution in [0.2, 0.25) is 0 Å². The van der Waals surface area contributed by atoms with Crippen LogP contribution in [0, 0.1) is 0 Å². The van der Waals surface area contributed by atoms with Crippen molar-refractivity contribution in [1.29, 1.82) is 0 Å². The highest BCUT2D eigenvalue weighted by atomic mass is 32.1. The van der Waals surface area contributed by atoms with Gasteiger partial charge >= 0.3 is 0 Å². The molecule has 74 valence electrons. The Kier molecular flexibility index (Phi) is 2.65. The molecule has 4 heteroatoms. The maximum atomic E-state index is 5.63. The molecule has 2 rings (SSSR count). The van der Waals surface area contributed by atoms with E-state index in [4.69, 9.17) is 5.73 Å². The van der Waals surface area contributed by atoms with Crippen molar-refractivity contribution in [3.05, 3.63) is 28.6 Å². The van der Waals surface area contributed by atoms with Gasteiger partial charge < -0.3 is 5.73 Å². The van der Waals surface area contributed by atoms with Crippen LogP contribution < -0.4 is 5.73 Å². The minimum Gasteiger partial charge on any atom is -0.325 e. The molecule has 2 heterocycles. The first-order valence-electron chi connectivity index (χ1n) is 4.64. The van der Waals surface area contributed by atoms with Gasteiger partial charge in [-0.1, -0.05) is 0 Å². The molecule has 0 aliphatic heterocycles. The van der Waals surface area contributed by atoms with Crippen molar-refractivity contribution in [2.24, 2.45) is 5.73 Å². The Hall–Kier alpha value is -1.13. The summed E-state index contributed by atoms with van der Waals surface area (Å²) in [4.78, 5) is 0. The average Bonchev–Trinajstić information content (AvgIpc) is 2.85. The van der Waals surface area contributed by atoms with Crippen LogP contribution in [0.5, 0.6) is 0 Å². The van der Waals surface area contributed by atoms with Crippen LogP contribution in [0.4, 0.5) is 0 Å². The molecule has 0 saturated heterocycles. The van der Waals surface area contributed by atoms with E-state index in [-0.39, 0.29) is 0 Å². The molecule has 0 aliphatic rings. The normalized spacial score (nSPS) is 10.7. The molecule has 0 unspecified atom stereocenters. The summed E-state index contributed by atoms with van der Waals surface area (Å²) in [6, 6.07) is 4.14. The first-order valence-corrected chi connectivity index (χ1v) is 5.58. The fourth-order valence-corrected chi connectivity index (χ4v) is 2.09. The van der Waals surface area contributed by atoms with Gasteiger partial charge in [0.25, 0.3) is 0 Å². The summed E-state index contributed by atoms with van der Waals surface area (Å²) in [7, 11) is 0. The maximum absolute atomic E-state index is 5.63. The number of aryl methyl sites for hydroxylation is 1. The Labute approximate surface area is 87.2 Å². The molecule has 0 fully saturated rings. The molecule has 0 aliphatic carbocycles. The molecular weight excluding hydrogens is 194 g/mol. The van der Waals surface area contributed by atoms with E-state index in [1.807, 2.05) is 4.68 Å². The molecule has 0 aromatic carbocycles. The minimum atomic E-state index is 0.547. The summed E-state index contributed by atoms with van der Waals surface area (Å²) in [6.45, 7) is 3.49. The maximum Gasteiger partial charge on any atom is 0.0934 e. The lowest BCUT2D eigenvalue weighted by Gasteiger charge is -1.98. The van der Waals surface area contributed by atoms with Crippen molar-refractivity contribution in [2.75, 3.05) is 0 Å². The third kappa shape index (κ3) is 1.58. The average molecular weight is 207 g/mol. The highest BCUT2D eigenvalue weighted by Crippen LogP contribution is 2.21. The zero-order valence-corrected chi connectivity index (χ0v) is 8.92. The van der Waals surface area contributed by atoms with E-state index in [1.165, 1.54) is 5.56 Å². The van der Waals surface area contributed by atoms with Crippen LogP contribution in [0.3, 0.4) is 0 Å². The molecule has 0 bridgehead atoms. The van der Waals surface area contributed by atoms with Crippen LogP contribution in [0.15, 0.2) is 22.9 Å². The second-order valence-corrected chi connectivity index (χ2v) is 3.83. The van der Waals surface area contributed by atoms with Crippen LogP contribution in [0.1, 0.15) is 12.6 Å². The zero-order chi connectivity index (χ0) is 9.97. The molecule has 0 atom stereocenters. The number of thiophene rings is 1. The van der Waals surface area contributed by atoms with Crippen LogP contribution >= 0.6 is 11.3 Å². The first kappa shape index (κ1) is 9.43. The quantitative estimate of drug-likeness (QED) is 0.837. The van der Waals surface area contributed by atoms with E-state index in [1.54, 1.807) is 11.3 Å². The van der Waals surface area contributed by atoms with Gasteiger partial charge in [-0.2, -0.15) is 16.4 Å². The summed E-state index contributed by atoms with van der Waals surface area (Å²) in [5, 5.41) is 8.64. The standard InChI is InChI=1S/C10H13N3S/c1-2-13-9(6-11)5-10(12-13)8-3-4-14-7-8/h3-5,7H,2,6,11H2,1H3. The summed E-state index contributed by atoms with van der Waals surface area (Å²) < 4.78 is 1.95. The van der Waals surface area contributed by atoms with E-state index in [0.29, 0.717) is 6.54 Å². The van der Waals surface area contributed by atoms with E-state index in [9.17, 15) is 0 Å². The highest BCUT2D eigenvalue weighted by Gasteiger charge is 2.06. The lowest BCUT2D eigenvalue weighted by molar-refractivity contribution is 0.624. The summed E-state index contributed by atoms with van der Waals surface area (Å²) in [5.74, 6) is 0.